The topological polar surface area (TPSA) is 78.8 Å². The van der Waals surface area contributed by atoms with Crippen molar-refractivity contribution in [3.63, 3.8) is 0 Å². The molecule has 30 heavy (non-hydrogen) atoms. The number of amides is 2. The number of carbonyl (C=O) groups excluding carboxylic acids is 2. The highest BCUT2D eigenvalue weighted by Gasteiger charge is 2.23. The van der Waals surface area contributed by atoms with Crippen LogP contribution in [0.1, 0.15) is 35.2 Å². The normalized spacial score (nSPS) is 13.9. The Morgan fingerprint density at radius 3 is 2.63 bits per heavy atom. The van der Waals surface area contributed by atoms with E-state index in [1.807, 2.05) is 43.8 Å². The van der Waals surface area contributed by atoms with E-state index in [2.05, 4.69) is 10.7 Å². The van der Waals surface area contributed by atoms with Crippen LogP contribution in [0.3, 0.4) is 0 Å². The number of nitrogens with zero attached hydrogens (tertiary/aromatic N) is 3. The zero-order chi connectivity index (χ0) is 21.0. The lowest BCUT2D eigenvalue weighted by atomic mass is 10.1. The van der Waals surface area contributed by atoms with Gasteiger partial charge in [0.1, 0.15) is 18.0 Å². The van der Waals surface area contributed by atoms with Gasteiger partial charge in [-0.1, -0.05) is 0 Å². The average molecular weight is 452 g/mol. The van der Waals surface area contributed by atoms with Crippen LogP contribution in [0.2, 0.25) is 0 Å². The first kappa shape index (κ1) is 24.1. The van der Waals surface area contributed by atoms with Crippen LogP contribution < -0.4 is 15.6 Å². The summed E-state index contributed by atoms with van der Waals surface area (Å²) in [6.45, 7) is 2.66. The summed E-state index contributed by atoms with van der Waals surface area (Å²) in [6.07, 6.45) is 4.22. The first-order valence-corrected chi connectivity index (χ1v) is 10.2. The summed E-state index contributed by atoms with van der Waals surface area (Å²) >= 11 is 1.17. The number of carbonyl (C=O) groups is 2. The van der Waals surface area contributed by atoms with Crippen molar-refractivity contribution < 1.29 is 13.8 Å². The second-order valence-corrected chi connectivity index (χ2v) is 8.12. The second kappa shape index (κ2) is 10.8. The van der Waals surface area contributed by atoms with Gasteiger partial charge in [0.05, 0.1) is 18.4 Å². The van der Waals surface area contributed by atoms with Gasteiger partial charge < -0.3 is 19.5 Å². The van der Waals surface area contributed by atoms with E-state index in [1.165, 1.54) is 12.2 Å². The van der Waals surface area contributed by atoms with Gasteiger partial charge in [0.25, 0.3) is 5.91 Å². The molecular formula is C20H29N5O3S2. The van der Waals surface area contributed by atoms with Crippen molar-refractivity contribution in [2.24, 2.45) is 7.05 Å². The zero-order valence-corrected chi connectivity index (χ0v) is 19.5. The first-order chi connectivity index (χ1) is 13.9. The number of nitrogens with one attached hydrogen (secondary N) is 2. The smallest absolute Gasteiger partial charge is 0.257 e. The molecule has 0 aliphatic carbocycles. The van der Waals surface area contributed by atoms with Gasteiger partial charge in [-0.15, -0.1) is 4.41 Å². The van der Waals surface area contributed by atoms with Crippen molar-refractivity contribution in [3.8, 4) is 0 Å². The van der Waals surface area contributed by atoms with E-state index >= 15 is 0 Å². The maximum atomic E-state index is 12.8. The average Bonchev–Trinajstić information content (AvgIpc) is 3.03. The molecule has 3 rings (SSSR count). The number of rotatable bonds is 7. The summed E-state index contributed by atoms with van der Waals surface area (Å²) in [7, 11) is 5.28. The maximum Gasteiger partial charge on any atom is 0.257 e. The third kappa shape index (κ3) is 5.94. The quantitative estimate of drug-likeness (QED) is 0.380. The lowest BCUT2D eigenvalue weighted by molar-refractivity contribution is -0.119. The van der Waals surface area contributed by atoms with E-state index in [-0.39, 0.29) is 25.3 Å². The Hall–Kier alpha value is -2.14. The Morgan fingerprint density at radius 1 is 1.20 bits per heavy atom. The van der Waals surface area contributed by atoms with E-state index in [0.717, 1.165) is 29.9 Å². The van der Waals surface area contributed by atoms with Gasteiger partial charge in [-0.05, 0) is 49.6 Å². The van der Waals surface area contributed by atoms with E-state index in [9.17, 15) is 9.59 Å². The number of hydrazine groups is 1. The lowest BCUT2D eigenvalue weighted by Crippen LogP contribution is -2.36. The highest BCUT2D eigenvalue weighted by atomic mass is 32.2. The molecule has 1 aliphatic rings. The molecule has 1 aromatic carbocycles. The van der Waals surface area contributed by atoms with Gasteiger partial charge in [-0.2, -0.15) is 13.5 Å². The number of hydrogen-bond acceptors (Lipinski definition) is 6. The molecule has 0 saturated carbocycles. The third-order valence-electron chi connectivity index (χ3n) is 4.65. The Bertz CT molecular complexity index is 903. The van der Waals surface area contributed by atoms with Crippen LogP contribution in [0.5, 0.6) is 0 Å². The van der Waals surface area contributed by atoms with Gasteiger partial charge >= 0.3 is 0 Å². The molecule has 0 atom stereocenters. The molecule has 2 heterocycles. The predicted molar refractivity (Wildman–Crippen MR) is 127 cm³/mol. The largest absolute Gasteiger partial charge is 0.337 e. The molecule has 10 heteroatoms. The number of anilines is 3. The fourth-order valence-electron chi connectivity index (χ4n) is 3.43. The fourth-order valence-corrected chi connectivity index (χ4v) is 3.80. The van der Waals surface area contributed by atoms with Crippen LogP contribution in [-0.2, 0) is 16.0 Å². The maximum absolute atomic E-state index is 12.8. The SMILES string of the molecule is COSN(C)Nc1cc(C)cc(NC(=O)c2cc(N3CCCCC3=O)n(C)c2)c1.S. The summed E-state index contributed by atoms with van der Waals surface area (Å²) in [6, 6.07) is 7.52. The molecule has 0 bridgehead atoms. The standard InChI is InChI=1S/C20H27N5O3S.H2S/c1-14-9-16(12-17(10-14)22-24(3)29-28-4)21-20(27)15-11-18(23(2)13-15)25-8-6-5-7-19(25)26;/h9-13,22H,5-8H2,1-4H3,(H,21,27);1H2. The third-order valence-corrected chi connectivity index (χ3v) is 5.11. The molecule has 2 N–H and O–H groups in total. The zero-order valence-electron chi connectivity index (χ0n) is 17.7. The lowest BCUT2D eigenvalue weighted by Gasteiger charge is -2.26. The molecule has 2 aromatic rings. The minimum Gasteiger partial charge on any atom is -0.337 e. The van der Waals surface area contributed by atoms with Gasteiger partial charge in [-0.3, -0.25) is 14.5 Å². The van der Waals surface area contributed by atoms with Gasteiger partial charge in [0.2, 0.25) is 5.91 Å². The first-order valence-electron chi connectivity index (χ1n) is 9.48. The number of hydrogen-bond donors (Lipinski definition) is 2. The van der Waals surface area contributed by atoms with E-state index < -0.39 is 0 Å². The van der Waals surface area contributed by atoms with E-state index in [4.69, 9.17) is 4.18 Å². The van der Waals surface area contributed by atoms with Crippen molar-refractivity contribution in [2.75, 3.05) is 36.3 Å². The number of piperidine rings is 1. The molecule has 0 unspecified atom stereocenters. The van der Waals surface area contributed by atoms with Crippen LogP contribution in [-0.4, -0.2) is 41.5 Å². The molecule has 2 amide bonds. The van der Waals surface area contributed by atoms with Gasteiger partial charge in [-0.25, -0.2) is 0 Å². The molecule has 0 radical (unpaired) electrons. The molecule has 164 valence electrons. The number of aromatic nitrogens is 1. The van der Waals surface area contributed by atoms with Crippen molar-refractivity contribution >= 4 is 54.7 Å². The monoisotopic (exact) mass is 451 g/mol. The van der Waals surface area contributed by atoms with Crippen LogP contribution in [0.4, 0.5) is 17.2 Å². The minimum absolute atomic E-state index is 0. The van der Waals surface area contributed by atoms with Crippen molar-refractivity contribution in [2.45, 2.75) is 26.2 Å². The van der Waals surface area contributed by atoms with Crippen molar-refractivity contribution in [1.82, 2.24) is 8.98 Å². The highest BCUT2D eigenvalue weighted by Crippen LogP contribution is 2.25. The summed E-state index contributed by atoms with van der Waals surface area (Å²) in [5.74, 6) is 0.647. The van der Waals surface area contributed by atoms with Gasteiger partial charge in [0.15, 0.2) is 0 Å². The highest BCUT2D eigenvalue weighted by molar-refractivity contribution is 7.92. The Labute approximate surface area is 188 Å². The molecular weight excluding hydrogens is 422 g/mol. The Kier molecular flexibility index (Phi) is 8.65. The van der Waals surface area contributed by atoms with Gasteiger partial charge in [0, 0.05) is 38.9 Å². The predicted octanol–water partition coefficient (Wildman–Crippen LogP) is 3.68. The molecule has 1 aromatic heterocycles. The minimum atomic E-state index is -0.215. The summed E-state index contributed by atoms with van der Waals surface area (Å²) in [5, 5.41) is 2.95. The summed E-state index contributed by atoms with van der Waals surface area (Å²) < 4.78 is 8.56. The fraction of sp³-hybridized carbons (Fsp3) is 0.400. The Morgan fingerprint density at radius 2 is 1.93 bits per heavy atom. The van der Waals surface area contributed by atoms with Crippen molar-refractivity contribution in [1.29, 1.82) is 0 Å². The molecule has 1 aliphatic heterocycles. The van der Waals surface area contributed by atoms with E-state index in [1.54, 1.807) is 28.7 Å². The number of benzene rings is 1. The molecule has 1 fully saturated rings. The summed E-state index contributed by atoms with van der Waals surface area (Å²) in [4.78, 5) is 26.8. The second-order valence-electron chi connectivity index (χ2n) is 7.09. The summed E-state index contributed by atoms with van der Waals surface area (Å²) in [5.41, 5.74) is 6.22. The molecule has 1 saturated heterocycles. The van der Waals surface area contributed by atoms with Crippen LogP contribution >= 0.6 is 25.7 Å². The van der Waals surface area contributed by atoms with E-state index in [0.29, 0.717) is 24.2 Å². The van der Waals surface area contributed by atoms with Crippen molar-refractivity contribution in [3.05, 3.63) is 41.6 Å². The van der Waals surface area contributed by atoms with Crippen LogP contribution in [0.25, 0.3) is 0 Å². The van der Waals surface area contributed by atoms with Crippen LogP contribution in [0, 0.1) is 6.92 Å². The number of aryl methyl sites for hydroxylation is 2. The molecule has 8 nitrogen and oxygen atoms in total. The molecule has 0 spiro atoms. The van der Waals surface area contributed by atoms with Crippen LogP contribution in [0.15, 0.2) is 30.5 Å². The Balaban J connectivity index is 0.00000320.